The van der Waals surface area contributed by atoms with Gasteiger partial charge in [0.25, 0.3) is 0 Å². The van der Waals surface area contributed by atoms with Gasteiger partial charge in [0.2, 0.25) is 0 Å². The molecule has 0 N–H and O–H groups in total. The van der Waals surface area contributed by atoms with E-state index >= 15 is 0 Å². The summed E-state index contributed by atoms with van der Waals surface area (Å²) in [6.45, 7) is 2.29. The van der Waals surface area contributed by atoms with E-state index in [0.717, 1.165) is 29.6 Å². The minimum Gasteiger partial charge on any atom is -0.381 e. The first-order valence-electron chi connectivity index (χ1n) is 6.84. The molecule has 0 aliphatic heterocycles. The van der Waals surface area contributed by atoms with Crippen molar-refractivity contribution in [2.45, 2.75) is 51.6 Å². The van der Waals surface area contributed by atoms with Crippen LogP contribution in [0.2, 0.25) is 0 Å². The molecule has 0 heterocycles. The average molecular weight is 208 g/mol. The molecule has 0 aromatic rings. The van der Waals surface area contributed by atoms with Crippen LogP contribution in [-0.2, 0) is 4.74 Å². The van der Waals surface area contributed by atoms with Crippen LogP contribution in [0.25, 0.3) is 0 Å². The van der Waals surface area contributed by atoms with E-state index in [1.807, 2.05) is 7.11 Å². The Bertz CT molecular complexity index is 203. The second-order valence-corrected chi connectivity index (χ2v) is 6.19. The summed E-state index contributed by atoms with van der Waals surface area (Å²) < 4.78 is 5.73. The molecule has 4 rings (SSSR count). The van der Waals surface area contributed by atoms with E-state index in [1.54, 1.807) is 6.42 Å². The lowest BCUT2D eigenvalue weighted by Crippen LogP contribution is -2.49. The zero-order valence-corrected chi connectivity index (χ0v) is 10.1. The van der Waals surface area contributed by atoms with Crippen LogP contribution in [0.15, 0.2) is 0 Å². The van der Waals surface area contributed by atoms with Crippen LogP contribution < -0.4 is 0 Å². The summed E-state index contributed by atoms with van der Waals surface area (Å²) in [6.07, 6.45) is 9.43. The maximum Gasteiger partial charge on any atom is 0.0602 e. The maximum atomic E-state index is 5.73. The van der Waals surface area contributed by atoms with Gasteiger partial charge in [-0.05, 0) is 68.1 Å². The van der Waals surface area contributed by atoms with Crippen molar-refractivity contribution in [1.29, 1.82) is 0 Å². The summed E-state index contributed by atoms with van der Waals surface area (Å²) in [5.41, 5.74) is 0. The van der Waals surface area contributed by atoms with Gasteiger partial charge in [-0.2, -0.15) is 0 Å². The fourth-order valence-corrected chi connectivity index (χ4v) is 5.17. The SMILES string of the molecule is CCC(OC)C1C2CC3CC(C2)CC1C3. The molecule has 1 heteroatoms. The summed E-state index contributed by atoms with van der Waals surface area (Å²) in [7, 11) is 1.92. The molecule has 4 aliphatic carbocycles. The van der Waals surface area contributed by atoms with Crippen molar-refractivity contribution in [3.8, 4) is 0 Å². The molecule has 86 valence electrons. The summed E-state index contributed by atoms with van der Waals surface area (Å²) in [5, 5.41) is 0. The Morgan fingerprint density at radius 1 is 1.00 bits per heavy atom. The molecule has 0 saturated heterocycles. The zero-order chi connectivity index (χ0) is 10.4. The second-order valence-electron chi connectivity index (χ2n) is 6.19. The Labute approximate surface area is 93.6 Å². The first kappa shape index (κ1) is 10.1. The third-order valence-corrected chi connectivity index (χ3v) is 5.43. The molecule has 4 aliphatic rings. The molecule has 1 atom stereocenters. The topological polar surface area (TPSA) is 9.23 Å². The number of ether oxygens (including phenoxy) is 1. The van der Waals surface area contributed by atoms with Crippen LogP contribution in [0.3, 0.4) is 0 Å². The van der Waals surface area contributed by atoms with Crippen LogP contribution in [0.1, 0.15) is 45.4 Å². The van der Waals surface area contributed by atoms with Crippen molar-refractivity contribution < 1.29 is 4.74 Å². The minimum atomic E-state index is 0.556. The monoisotopic (exact) mass is 208 g/mol. The predicted octanol–water partition coefficient (Wildman–Crippen LogP) is 3.48. The highest BCUT2D eigenvalue weighted by molar-refractivity contribution is 5.00. The molecule has 0 aromatic carbocycles. The molecule has 1 unspecified atom stereocenters. The number of rotatable bonds is 3. The molecule has 15 heavy (non-hydrogen) atoms. The van der Waals surface area contributed by atoms with Crippen LogP contribution >= 0.6 is 0 Å². The fourth-order valence-electron chi connectivity index (χ4n) is 5.17. The Balaban J connectivity index is 1.79. The molecule has 0 amide bonds. The van der Waals surface area contributed by atoms with E-state index in [1.165, 1.54) is 32.1 Å². The highest BCUT2D eigenvalue weighted by atomic mass is 16.5. The van der Waals surface area contributed by atoms with Crippen molar-refractivity contribution >= 4 is 0 Å². The number of hydrogen-bond acceptors (Lipinski definition) is 1. The van der Waals surface area contributed by atoms with E-state index in [0.29, 0.717) is 6.10 Å². The zero-order valence-electron chi connectivity index (χ0n) is 10.1. The van der Waals surface area contributed by atoms with E-state index in [-0.39, 0.29) is 0 Å². The van der Waals surface area contributed by atoms with Gasteiger partial charge < -0.3 is 4.74 Å². The molecule has 0 radical (unpaired) electrons. The van der Waals surface area contributed by atoms with Gasteiger partial charge in [0.05, 0.1) is 6.10 Å². The first-order valence-corrected chi connectivity index (χ1v) is 6.84. The largest absolute Gasteiger partial charge is 0.381 e. The van der Waals surface area contributed by atoms with Crippen molar-refractivity contribution in [2.24, 2.45) is 29.6 Å². The van der Waals surface area contributed by atoms with Gasteiger partial charge in [-0.15, -0.1) is 0 Å². The van der Waals surface area contributed by atoms with Gasteiger partial charge in [-0.3, -0.25) is 0 Å². The quantitative estimate of drug-likeness (QED) is 0.690. The van der Waals surface area contributed by atoms with Crippen molar-refractivity contribution in [3.63, 3.8) is 0 Å². The Morgan fingerprint density at radius 2 is 1.53 bits per heavy atom. The molecule has 1 nitrogen and oxygen atoms in total. The highest BCUT2D eigenvalue weighted by Crippen LogP contribution is 2.57. The lowest BCUT2D eigenvalue weighted by Gasteiger charge is -2.56. The average Bonchev–Trinajstić information content (AvgIpc) is 2.22. The number of hydrogen-bond donors (Lipinski definition) is 0. The summed E-state index contributed by atoms with van der Waals surface area (Å²) in [4.78, 5) is 0. The van der Waals surface area contributed by atoms with Crippen LogP contribution in [-0.4, -0.2) is 13.2 Å². The lowest BCUT2D eigenvalue weighted by molar-refractivity contribution is -0.101. The fraction of sp³-hybridized carbons (Fsp3) is 1.00. The van der Waals surface area contributed by atoms with Crippen molar-refractivity contribution in [3.05, 3.63) is 0 Å². The molecule has 4 bridgehead atoms. The van der Waals surface area contributed by atoms with Crippen molar-refractivity contribution in [1.82, 2.24) is 0 Å². The van der Waals surface area contributed by atoms with E-state index < -0.39 is 0 Å². The first-order chi connectivity index (χ1) is 7.31. The Kier molecular flexibility index (Phi) is 2.54. The van der Waals surface area contributed by atoms with Crippen LogP contribution in [0, 0.1) is 29.6 Å². The van der Waals surface area contributed by atoms with E-state index in [2.05, 4.69) is 6.92 Å². The summed E-state index contributed by atoms with van der Waals surface area (Å²) in [6, 6.07) is 0. The third-order valence-electron chi connectivity index (χ3n) is 5.43. The second kappa shape index (κ2) is 3.76. The molecular weight excluding hydrogens is 184 g/mol. The van der Waals surface area contributed by atoms with E-state index in [9.17, 15) is 0 Å². The van der Waals surface area contributed by atoms with Crippen LogP contribution in [0.5, 0.6) is 0 Å². The smallest absolute Gasteiger partial charge is 0.0602 e. The van der Waals surface area contributed by atoms with Gasteiger partial charge in [-0.1, -0.05) is 6.92 Å². The standard InChI is InChI=1S/C14H24O/c1-3-13(15-2)14-11-5-9-4-10(7-11)8-12(14)6-9/h9-14H,3-8H2,1-2H3. The Hall–Kier alpha value is -0.0400. The maximum absolute atomic E-state index is 5.73. The molecule has 0 spiro atoms. The number of methoxy groups -OCH3 is 1. The highest BCUT2D eigenvalue weighted by Gasteiger charge is 2.50. The van der Waals surface area contributed by atoms with Crippen LogP contribution in [0.4, 0.5) is 0 Å². The molecule has 4 fully saturated rings. The molecular formula is C14H24O. The predicted molar refractivity (Wildman–Crippen MR) is 61.6 cm³/mol. The lowest BCUT2D eigenvalue weighted by atomic mass is 9.50. The van der Waals surface area contributed by atoms with Gasteiger partial charge in [0.15, 0.2) is 0 Å². The van der Waals surface area contributed by atoms with Gasteiger partial charge in [0.1, 0.15) is 0 Å². The van der Waals surface area contributed by atoms with Crippen molar-refractivity contribution in [2.75, 3.05) is 7.11 Å². The van der Waals surface area contributed by atoms with Gasteiger partial charge in [0, 0.05) is 7.11 Å². The third kappa shape index (κ3) is 1.54. The molecule has 4 saturated carbocycles. The summed E-state index contributed by atoms with van der Waals surface area (Å²) >= 11 is 0. The van der Waals surface area contributed by atoms with Gasteiger partial charge >= 0.3 is 0 Å². The minimum absolute atomic E-state index is 0.556. The molecule has 0 aromatic heterocycles. The Morgan fingerprint density at radius 3 is 1.93 bits per heavy atom. The normalized spacial score (nSPS) is 49.6. The summed E-state index contributed by atoms with van der Waals surface area (Å²) in [5.74, 6) is 5.14. The van der Waals surface area contributed by atoms with Gasteiger partial charge in [-0.25, -0.2) is 0 Å². The van der Waals surface area contributed by atoms with E-state index in [4.69, 9.17) is 4.74 Å².